The molecule has 0 bridgehead atoms. The number of nitrogens with one attached hydrogen (secondary N) is 3. The first kappa shape index (κ1) is 19.9. The second-order valence-corrected chi connectivity index (χ2v) is 8.51. The molecule has 3 aliphatic rings. The number of fused-ring (bicyclic) bond motifs is 1. The Bertz CT molecular complexity index is 1020. The summed E-state index contributed by atoms with van der Waals surface area (Å²) >= 11 is 0. The van der Waals surface area contributed by atoms with Gasteiger partial charge in [0, 0.05) is 37.2 Å². The summed E-state index contributed by atoms with van der Waals surface area (Å²) in [4.78, 5) is 38.1. The lowest BCUT2D eigenvalue weighted by atomic mass is 10.00. The van der Waals surface area contributed by atoms with Crippen molar-refractivity contribution in [1.82, 2.24) is 20.9 Å². The topological polar surface area (TPSA) is 90.5 Å². The summed E-state index contributed by atoms with van der Waals surface area (Å²) in [5.41, 5.74) is 4.00. The van der Waals surface area contributed by atoms with Crippen LogP contribution in [0, 0.1) is 0 Å². The molecule has 3 aliphatic heterocycles. The third kappa shape index (κ3) is 3.86. The molecule has 2 saturated heterocycles. The molecule has 0 spiro atoms. The number of piperidine rings is 1. The maximum Gasteiger partial charge on any atom is 0.255 e. The van der Waals surface area contributed by atoms with E-state index in [1.807, 2.05) is 18.2 Å². The summed E-state index contributed by atoms with van der Waals surface area (Å²) in [6, 6.07) is 16.4. The van der Waals surface area contributed by atoms with E-state index >= 15 is 0 Å². The molecule has 160 valence electrons. The second-order valence-electron chi connectivity index (χ2n) is 8.51. The Morgan fingerprint density at radius 1 is 1.03 bits per heavy atom. The molecule has 2 aromatic carbocycles. The quantitative estimate of drug-likeness (QED) is 0.643. The molecular formula is C24H26N4O3. The van der Waals surface area contributed by atoms with Crippen molar-refractivity contribution in [1.29, 1.82) is 0 Å². The predicted octanol–water partition coefficient (Wildman–Crippen LogP) is 1.64. The van der Waals surface area contributed by atoms with Crippen LogP contribution in [0.4, 0.5) is 0 Å². The van der Waals surface area contributed by atoms with Gasteiger partial charge in [0.15, 0.2) is 0 Å². The van der Waals surface area contributed by atoms with Gasteiger partial charge in [-0.15, -0.1) is 0 Å². The average Bonchev–Trinajstić information content (AvgIpc) is 3.37. The van der Waals surface area contributed by atoms with E-state index in [1.54, 1.807) is 4.90 Å². The maximum atomic E-state index is 12.8. The van der Waals surface area contributed by atoms with Gasteiger partial charge in [0.25, 0.3) is 5.91 Å². The predicted molar refractivity (Wildman–Crippen MR) is 115 cm³/mol. The van der Waals surface area contributed by atoms with Crippen LogP contribution in [0.2, 0.25) is 0 Å². The molecule has 0 saturated carbocycles. The Balaban J connectivity index is 1.25. The summed E-state index contributed by atoms with van der Waals surface area (Å²) in [5, 5.41) is 9.60. The van der Waals surface area contributed by atoms with Gasteiger partial charge in [0.1, 0.15) is 6.04 Å². The highest BCUT2D eigenvalue weighted by Gasteiger charge is 2.39. The molecular weight excluding hydrogens is 392 g/mol. The molecule has 7 heteroatoms. The lowest BCUT2D eigenvalue weighted by Gasteiger charge is -2.29. The van der Waals surface area contributed by atoms with E-state index < -0.39 is 6.04 Å². The largest absolute Gasteiger partial charge is 0.322 e. The minimum atomic E-state index is -0.574. The van der Waals surface area contributed by atoms with Gasteiger partial charge < -0.3 is 15.5 Å². The van der Waals surface area contributed by atoms with Crippen molar-refractivity contribution in [2.24, 2.45) is 0 Å². The van der Waals surface area contributed by atoms with Gasteiger partial charge in [-0.3, -0.25) is 19.7 Å². The van der Waals surface area contributed by atoms with Gasteiger partial charge in [0.2, 0.25) is 11.8 Å². The molecule has 2 fully saturated rings. The lowest BCUT2D eigenvalue weighted by Crippen LogP contribution is -2.52. The van der Waals surface area contributed by atoms with Crippen LogP contribution in [0.1, 0.15) is 52.4 Å². The monoisotopic (exact) mass is 418 g/mol. The van der Waals surface area contributed by atoms with E-state index in [1.165, 1.54) is 5.56 Å². The summed E-state index contributed by atoms with van der Waals surface area (Å²) < 4.78 is 0. The van der Waals surface area contributed by atoms with Gasteiger partial charge in [-0.25, -0.2) is 0 Å². The zero-order valence-corrected chi connectivity index (χ0v) is 17.3. The SMILES string of the molecule is O=C1CCC(N2Cc3cc(CN[C@@H]4CCN[C@H]4c4ccccc4)ccc3C2=O)C(=O)N1. The van der Waals surface area contributed by atoms with E-state index in [-0.39, 0.29) is 24.1 Å². The summed E-state index contributed by atoms with van der Waals surface area (Å²) in [7, 11) is 0. The zero-order chi connectivity index (χ0) is 21.4. The summed E-state index contributed by atoms with van der Waals surface area (Å²) in [6.07, 6.45) is 1.71. The number of rotatable bonds is 5. The first-order valence-electron chi connectivity index (χ1n) is 10.9. The molecule has 1 unspecified atom stereocenters. The Morgan fingerprint density at radius 2 is 1.87 bits per heavy atom. The molecule has 2 aromatic rings. The fraction of sp³-hybridized carbons (Fsp3) is 0.375. The number of carbonyl (C=O) groups excluding carboxylic acids is 3. The van der Waals surface area contributed by atoms with E-state index in [2.05, 4.69) is 46.3 Å². The normalized spacial score (nSPS) is 25.6. The van der Waals surface area contributed by atoms with Crippen molar-refractivity contribution >= 4 is 17.7 Å². The molecule has 3 N–H and O–H groups in total. The molecule has 0 radical (unpaired) electrons. The van der Waals surface area contributed by atoms with Crippen LogP contribution in [0.15, 0.2) is 48.5 Å². The van der Waals surface area contributed by atoms with Crippen LogP contribution in [-0.4, -0.2) is 41.2 Å². The fourth-order valence-electron chi connectivity index (χ4n) is 4.92. The van der Waals surface area contributed by atoms with Gasteiger partial charge in [0.05, 0.1) is 0 Å². The van der Waals surface area contributed by atoms with Crippen molar-refractivity contribution in [3.63, 3.8) is 0 Å². The second kappa shape index (κ2) is 8.24. The molecule has 7 nitrogen and oxygen atoms in total. The third-order valence-corrected chi connectivity index (χ3v) is 6.54. The standard InChI is InChI=1S/C24H26N4O3/c29-21-9-8-20(23(30)27-21)28-14-17-12-15(6-7-18(17)24(28)31)13-26-19-10-11-25-22(19)16-4-2-1-3-5-16/h1-7,12,19-20,22,25-26H,8-11,13-14H2,(H,27,29,30)/t19-,20?,22+/m1/s1. The number of benzene rings is 2. The lowest BCUT2D eigenvalue weighted by molar-refractivity contribution is -0.136. The van der Waals surface area contributed by atoms with Crippen molar-refractivity contribution < 1.29 is 14.4 Å². The number of hydrogen-bond acceptors (Lipinski definition) is 5. The van der Waals surface area contributed by atoms with Gasteiger partial charge in [-0.1, -0.05) is 42.5 Å². The van der Waals surface area contributed by atoms with E-state index in [0.717, 1.165) is 30.6 Å². The zero-order valence-electron chi connectivity index (χ0n) is 17.3. The minimum absolute atomic E-state index is 0.131. The molecule has 31 heavy (non-hydrogen) atoms. The van der Waals surface area contributed by atoms with E-state index in [4.69, 9.17) is 0 Å². The fourth-order valence-corrected chi connectivity index (χ4v) is 4.92. The van der Waals surface area contributed by atoms with Crippen LogP contribution >= 0.6 is 0 Å². The van der Waals surface area contributed by atoms with Crippen molar-refractivity contribution in [3.05, 3.63) is 70.8 Å². The highest BCUT2D eigenvalue weighted by atomic mass is 16.2. The smallest absolute Gasteiger partial charge is 0.255 e. The molecule has 5 rings (SSSR count). The number of hydrogen-bond donors (Lipinski definition) is 3. The first-order chi connectivity index (χ1) is 15.1. The van der Waals surface area contributed by atoms with Crippen LogP contribution in [0.3, 0.4) is 0 Å². The molecule has 0 aliphatic carbocycles. The van der Waals surface area contributed by atoms with Crippen LogP contribution in [0.25, 0.3) is 0 Å². The van der Waals surface area contributed by atoms with Gasteiger partial charge >= 0.3 is 0 Å². The molecule has 3 heterocycles. The van der Waals surface area contributed by atoms with E-state index in [9.17, 15) is 14.4 Å². The maximum absolute atomic E-state index is 12.8. The molecule has 3 atom stereocenters. The number of carbonyl (C=O) groups is 3. The highest BCUT2D eigenvalue weighted by Crippen LogP contribution is 2.29. The Morgan fingerprint density at radius 3 is 2.68 bits per heavy atom. The summed E-state index contributed by atoms with van der Waals surface area (Å²) in [5.74, 6) is -0.776. The van der Waals surface area contributed by atoms with Crippen LogP contribution < -0.4 is 16.0 Å². The molecule has 0 aromatic heterocycles. The molecule has 3 amide bonds. The third-order valence-electron chi connectivity index (χ3n) is 6.54. The van der Waals surface area contributed by atoms with Crippen molar-refractivity contribution in [2.75, 3.05) is 6.54 Å². The van der Waals surface area contributed by atoms with Crippen molar-refractivity contribution in [2.45, 2.75) is 50.5 Å². The highest BCUT2D eigenvalue weighted by molar-refractivity contribution is 6.05. The minimum Gasteiger partial charge on any atom is -0.322 e. The van der Waals surface area contributed by atoms with Crippen molar-refractivity contribution in [3.8, 4) is 0 Å². The number of imide groups is 1. The van der Waals surface area contributed by atoms with Gasteiger partial charge in [-0.05, 0) is 42.1 Å². The van der Waals surface area contributed by atoms with Crippen LogP contribution in [-0.2, 0) is 22.7 Å². The van der Waals surface area contributed by atoms with Crippen LogP contribution in [0.5, 0.6) is 0 Å². The first-order valence-corrected chi connectivity index (χ1v) is 10.9. The number of nitrogens with zero attached hydrogens (tertiary/aromatic N) is 1. The summed E-state index contributed by atoms with van der Waals surface area (Å²) in [6.45, 7) is 2.11. The average molecular weight is 418 g/mol. The van der Waals surface area contributed by atoms with E-state index in [0.29, 0.717) is 30.6 Å². The Kier molecular flexibility index (Phi) is 5.29. The van der Waals surface area contributed by atoms with Gasteiger partial charge in [-0.2, -0.15) is 0 Å². The number of amides is 3. The Labute approximate surface area is 181 Å². The Hall–Kier alpha value is -3.03.